The number of rotatable bonds is 4. The maximum absolute atomic E-state index is 11.4. The number of carbonyl (C=O) groups excluding carboxylic acids is 1. The molecule has 1 atom stereocenters. The van der Waals surface area contributed by atoms with Gasteiger partial charge in [0.05, 0.1) is 19.0 Å². The van der Waals surface area contributed by atoms with Gasteiger partial charge in [-0.25, -0.2) is 0 Å². The molecule has 2 rings (SSSR count). The van der Waals surface area contributed by atoms with Crippen LogP contribution in [0.5, 0.6) is 0 Å². The van der Waals surface area contributed by atoms with Gasteiger partial charge in [0.25, 0.3) is 0 Å². The Morgan fingerprint density at radius 1 is 1.47 bits per heavy atom. The predicted molar refractivity (Wildman–Crippen MR) is 75.2 cm³/mol. The second-order valence-electron chi connectivity index (χ2n) is 4.25. The van der Waals surface area contributed by atoms with Crippen LogP contribution < -0.4 is 5.73 Å². The molecule has 2 aromatic rings. The highest BCUT2D eigenvalue weighted by molar-refractivity contribution is 6.35. The Morgan fingerprint density at radius 2 is 2.26 bits per heavy atom. The highest BCUT2D eigenvalue weighted by atomic mass is 35.5. The molecular weight excluding hydrogens is 264 g/mol. The molecule has 0 amide bonds. The maximum Gasteiger partial charge on any atom is 0.306 e. The number of nitrogens with two attached hydrogens (primary N) is 1. The molecule has 5 heteroatoms. The molecule has 2 N–H and O–H groups in total. The van der Waals surface area contributed by atoms with Crippen molar-refractivity contribution in [3.05, 3.63) is 41.0 Å². The summed E-state index contributed by atoms with van der Waals surface area (Å²) in [5.41, 5.74) is 7.48. The normalized spacial score (nSPS) is 12.4. The number of hydrogen-bond donors (Lipinski definition) is 1. The van der Waals surface area contributed by atoms with Gasteiger partial charge >= 0.3 is 5.97 Å². The van der Waals surface area contributed by atoms with Crippen LogP contribution >= 0.6 is 11.6 Å². The van der Waals surface area contributed by atoms with Crippen LogP contribution in [0.25, 0.3) is 10.9 Å². The number of fused-ring (bicyclic) bond motifs is 1. The number of pyridine rings is 1. The van der Waals surface area contributed by atoms with Gasteiger partial charge < -0.3 is 10.5 Å². The summed E-state index contributed by atoms with van der Waals surface area (Å²) in [6.07, 6.45) is 1.94. The summed E-state index contributed by atoms with van der Waals surface area (Å²) in [4.78, 5) is 15.8. The Hall–Kier alpha value is -1.65. The fourth-order valence-corrected chi connectivity index (χ4v) is 2.31. The molecule has 4 nitrogen and oxygen atoms in total. The molecule has 1 aromatic heterocycles. The van der Waals surface area contributed by atoms with E-state index in [1.807, 2.05) is 18.2 Å². The Labute approximate surface area is 116 Å². The van der Waals surface area contributed by atoms with E-state index in [0.717, 1.165) is 16.5 Å². The molecular formula is C14H15ClN2O2. The van der Waals surface area contributed by atoms with E-state index >= 15 is 0 Å². The molecule has 1 unspecified atom stereocenters. The first-order valence-electron chi connectivity index (χ1n) is 5.97. The van der Waals surface area contributed by atoms with Gasteiger partial charge in [-0.1, -0.05) is 17.7 Å². The van der Waals surface area contributed by atoms with Gasteiger partial charge in [-0.2, -0.15) is 0 Å². The van der Waals surface area contributed by atoms with E-state index in [-0.39, 0.29) is 18.3 Å². The first kappa shape index (κ1) is 13.8. The van der Waals surface area contributed by atoms with E-state index in [4.69, 9.17) is 22.1 Å². The van der Waals surface area contributed by atoms with Crippen molar-refractivity contribution in [3.8, 4) is 0 Å². The number of esters is 1. The van der Waals surface area contributed by atoms with Crippen LogP contribution in [0.3, 0.4) is 0 Å². The van der Waals surface area contributed by atoms with E-state index in [1.165, 1.54) is 7.11 Å². The molecule has 0 bridgehead atoms. The van der Waals surface area contributed by atoms with Crippen molar-refractivity contribution in [1.29, 1.82) is 0 Å². The summed E-state index contributed by atoms with van der Waals surface area (Å²) >= 11 is 6.15. The number of methoxy groups -OCH3 is 1. The molecule has 0 spiro atoms. The van der Waals surface area contributed by atoms with E-state index in [0.29, 0.717) is 11.6 Å². The van der Waals surface area contributed by atoms with Crippen molar-refractivity contribution in [3.63, 3.8) is 0 Å². The quantitative estimate of drug-likeness (QED) is 0.873. The minimum absolute atomic E-state index is 0.123. The Morgan fingerprint density at radius 3 is 2.95 bits per heavy atom. The number of hydrogen-bond acceptors (Lipinski definition) is 4. The van der Waals surface area contributed by atoms with Gasteiger partial charge in [0.2, 0.25) is 0 Å². The molecule has 0 aliphatic carbocycles. The zero-order valence-electron chi connectivity index (χ0n) is 10.6. The lowest BCUT2D eigenvalue weighted by molar-refractivity contribution is -0.141. The van der Waals surface area contributed by atoms with Gasteiger partial charge in [-0.15, -0.1) is 0 Å². The SMILES string of the molecule is COC(=O)CC(CN)c1ccc(Cl)c2cccnc12. The van der Waals surface area contributed by atoms with Crippen molar-refractivity contribution in [2.45, 2.75) is 12.3 Å². The van der Waals surface area contributed by atoms with Gasteiger partial charge in [0, 0.05) is 22.5 Å². The molecule has 0 radical (unpaired) electrons. The van der Waals surface area contributed by atoms with Gasteiger partial charge in [-0.3, -0.25) is 9.78 Å². The maximum atomic E-state index is 11.4. The van der Waals surface area contributed by atoms with Crippen LogP contribution in [0.15, 0.2) is 30.5 Å². The van der Waals surface area contributed by atoms with E-state index < -0.39 is 0 Å². The van der Waals surface area contributed by atoms with E-state index in [9.17, 15) is 4.79 Å². The second-order valence-corrected chi connectivity index (χ2v) is 4.66. The molecule has 0 aliphatic rings. The van der Waals surface area contributed by atoms with Crippen LogP contribution in [0, 0.1) is 0 Å². The topological polar surface area (TPSA) is 65.2 Å². The van der Waals surface area contributed by atoms with Gasteiger partial charge in [0.15, 0.2) is 0 Å². The van der Waals surface area contributed by atoms with Gasteiger partial charge in [-0.05, 0) is 30.3 Å². The van der Waals surface area contributed by atoms with E-state index in [1.54, 1.807) is 12.3 Å². The number of carbonyl (C=O) groups is 1. The van der Waals surface area contributed by atoms with Crippen LogP contribution in [0.4, 0.5) is 0 Å². The highest BCUT2D eigenvalue weighted by Gasteiger charge is 2.18. The van der Waals surface area contributed by atoms with Gasteiger partial charge in [0.1, 0.15) is 0 Å². The number of nitrogens with zero attached hydrogens (tertiary/aromatic N) is 1. The van der Waals surface area contributed by atoms with Crippen LogP contribution in [0.2, 0.25) is 5.02 Å². The number of benzene rings is 1. The summed E-state index contributed by atoms with van der Waals surface area (Å²) in [6, 6.07) is 7.41. The first-order valence-corrected chi connectivity index (χ1v) is 6.35. The monoisotopic (exact) mass is 278 g/mol. The molecule has 100 valence electrons. The largest absolute Gasteiger partial charge is 0.469 e. The molecule has 0 aliphatic heterocycles. The Balaban J connectivity index is 2.49. The number of ether oxygens (including phenoxy) is 1. The summed E-state index contributed by atoms with van der Waals surface area (Å²) in [5.74, 6) is -0.406. The van der Waals surface area contributed by atoms with Crippen LogP contribution in [0.1, 0.15) is 17.9 Å². The van der Waals surface area contributed by atoms with Crippen molar-refractivity contribution < 1.29 is 9.53 Å². The van der Waals surface area contributed by atoms with Crippen molar-refractivity contribution in [2.24, 2.45) is 5.73 Å². The van der Waals surface area contributed by atoms with Crippen molar-refractivity contribution in [1.82, 2.24) is 4.98 Å². The molecule has 0 saturated carbocycles. The minimum atomic E-state index is -0.283. The number of aromatic nitrogens is 1. The summed E-state index contributed by atoms with van der Waals surface area (Å²) in [7, 11) is 1.37. The van der Waals surface area contributed by atoms with Crippen LogP contribution in [-0.4, -0.2) is 24.6 Å². The lowest BCUT2D eigenvalue weighted by Crippen LogP contribution is -2.17. The Bertz CT molecular complexity index is 601. The second kappa shape index (κ2) is 5.99. The lowest BCUT2D eigenvalue weighted by atomic mass is 9.93. The lowest BCUT2D eigenvalue weighted by Gasteiger charge is -2.16. The predicted octanol–water partition coefficient (Wildman–Crippen LogP) is 2.49. The molecule has 0 fully saturated rings. The summed E-state index contributed by atoms with van der Waals surface area (Å²) in [5, 5.41) is 1.51. The molecule has 0 saturated heterocycles. The van der Waals surface area contributed by atoms with E-state index in [2.05, 4.69) is 4.98 Å². The van der Waals surface area contributed by atoms with Crippen LogP contribution in [-0.2, 0) is 9.53 Å². The molecule has 1 heterocycles. The van der Waals surface area contributed by atoms with Crippen molar-refractivity contribution in [2.75, 3.05) is 13.7 Å². The standard InChI is InChI=1S/C14H15ClN2O2/c1-19-13(18)7-9(8-16)10-4-5-12(15)11-3-2-6-17-14(10)11/h2-6,9H,7-8,16H2,1H3. The Kier molecular flexibility index (Phi) is 4.35. The third-order valence-corrected chi connectivity index (χ3v) is 3.44. The van der Waals surface area contributed by atoms with Crippen molar-refractivity contribution >= 4 is 28.5 Å². The zero-order valence-corrected chi connectivity index (χ0v) is 11.4. The smallest absolute Gasteiger partial charge is 0.306 e. The fraction of sp³-hybridized carbons (Fsp3) is 0.286. The third-order valence-electron chi connectivity index (χ3n) is 3.11. The fourth-order valence-electron chi connectivity index (χ4n) is 2.09. The summed E-state index contributed by atoms with van der Waals surface area (Å²) < 4.78 is 4.70. The highest BCUT2D eigenvalue weighted by Crippen LogP contribution is 2.30. The summed E-state index contributed by atoms with van der Waals surface area (Å²) in [6.45, 7) is 0.350. The molecule has 19 heavy (non-hydrogen) atoms. The molecule has 1 aromatic carbocycles. The third kappa shape index (κ3) is 2.85. The average Bonchev–Trinajstić information content (AvgIpc) is 2.45. The average molecular weight is 279 g/mol. The zero-order chi connectivity index (χ0) is 13.8. The minimum Gasteiger partial charge on any atom is -0.469 e. The first-order chi connectivity index (χ1) is 9.17. The number of halogens is 1.